The minimum absolute atomic E-state index is 0.0173. The first-order valence-corrected chi connectivity index (χ1v) is 6.00. The zero-order valence-corrected chi connectivity index (χ0v) is 10.2. The maximum atomic E-state index is 5.98. The first-order chi connectivity index (χ1) is 7.70. The number of imidazole rings is 1. The Morgan fingerprint density at radius 2 is 2.50 bits per heavy atom. The van der Waals surface area contributed by atoms with Gasteiger partial charge in [0.15, 0.2) is 0 Å². The molecule has 0 aromatic carbocycles. The van der Waals surface area contributed by atoms with Gasteiger partial charge >= 0.3 is 0 Å². The Morgan fingerprint density at radius 1 is 1.62 bits per heavy atom. The fraction of sp³-hybridized carbons (Fsp3) is 0.750. The van der Waals surface area contributed by atoms with Crippen LogP contribution in [0.15, 0.2) is 12.4 Å². The second-order valence-corrected chi connectivity index (χ2v) is 4.78. The summed E-state index contributed by atoms with van der Waals surface area (Å²) in [4.78, 5) is 4.29. The molecule has 0 saturated carbocycles. The Labute approximate surface area is 97.0 Å². The predicted octanol–water partition coefficient (Wildman–Crippen LogP) is 1.12. The zero-order chi connectivity index (χ0) is 11.4. The van der Waals surface area contributed by atoms with Crippen molar-refractivity contribution < 1.29 is 4.74 Å². The smallest absolute Gasteiger partial charge is 0.110 e. The molecule has 1 atom stereocenters. The molecule has 90 valence electrons. The number of nitrogens with zero attached hydrogens (tertiary/aromatic N) is 2. The molecule has 0 bridgehead atoms. The van der Waals surface area contributed by atoms with Crippen LogP contribution in [0, 0.1) is 0 Å². The van der Waals surface area contributed by atoms with Crippen LogP contribution in [0.4, 0.5) is 0 Å². The highest BCUT2D eigenvalue weighted by atomic mass is 16.5. The molecule has 1 unspecified atom stereocenters. The number of ether oxygens (including phenoxy) is 1. The van der Waals surface area contributed by atoms with Crippen molar-refractivity contribution in [2.24, 2.45) is 7.05 Å². The summed E-state index contributed by atoms with van der Waals surface area (Å²) in [5.41, 5.74) is 0.0173. The molecule has 1 aliphatic rings. The highest BCUT2D eigenvalue weighted by Gasteiger charge is 2.27. The van der Waals surface area contributed by atoms with Gasteiger partial charge in [-0.2, -0.15) is 0 Å². The van der Waals surface area contributed by atoms with Gasteiger partial charge in [-0.3, -0.25) is 0 Å². The maximum absolute atomic E-state index is 5.98. The molecule has 0 spiro atoms. The lowest BCUT2D eigenvalue weighted by molar-refractivity contribution is -0.0456. The lowest BCUT2D eigenvalue weighted by atomic mass is 9.96. The summed E-state index contributed by atoms with van der Waals surface area (Å²) in [7, 11) is 2.02. The third-order valence-corrected chi connectivity index (χ3v) is 3.26. The Kier molecular flexibility index (Phi) is 3.61. The average Bonchev–Trinajstić information content (AvgIpc) is 2.65. The Hall–Kier alpha value is -0.870. The van der Waals surface area contributed by atoms with Crippen LogP contribution in [-0.2, 0) is 18.2 Å². The van der Waals surface area contributed by atoms with Crippen molar-refractivity contribution in [2.75, 3.05) is 19.7 Å². The molecule has 1 saturated heterocycles. The lowest BCUT2D eigenvalue weighted by Crippen LogP contribution is -2.45. The van der Waals surface area contributed by atoms with Crippen molar-refractivity contribution in [3.05, 3.63) is 18.2 Å². The summed E-state index contributed by atoms with van der Waals surface area (Å²) in [6, 6.07) is 0. The SMILES string of the molecule is Cn1ccnc1CCOC1(C)CCCNC1. The minimum atomic E-state index is 0.0173. The van der Waals surface area contributed by atoms with Gasteiger partial charge in [-0.15, -0.1) is 0 Å². The van der Waals surface area contributed by atoms with Crippen molar-refractivity contribution in [2.45, 2.75) is 31.8 Å². The third kappa shape index (κ3) is 2.83. The van der Waals surface area contributed by atoms with Crippen LogP contribution in [0.2, 0.25) is 0 Å². The average molecular weight is 223 g/mol. The van der Waals surface area contributed by atoms with E-state index in [9.17, 15) is 0 Å². The Balaban J connectivity index is 1.77. The van der Waals surface area contributed by atoms with Crippen molar-refractivity contribution in [3.63, 3.8) is 0 Å². The van der Waals surface area contributed by atoms with Gasteiger partial charge in [0.25, 0.3) is 0 Å². The molecule has 0 amide bonds. The number of rotatable bonds is 4. The second kappa shape index (κ2) is 4.97. The number of aryl methyl sites for hydroxylation is 1. The Bertz CT molecular complexity index is 329. The monoisotopic (exact) mass is 223 g/mol. The van der Waals surface area contributed by atoms with Gasteiger partial charge in [0.05, 0.1) is 12.2 Å². The van der Waals surface area contributed by atoms with Gasteiger partial charge in [-0.05, 0) is 26.3 Å². The topological polar surface area (TPSA) is 39.1 Å². The van der Waals surface area contributed by atoms with Crippen molar-refractivity contribution in [3.8, 4) is 0 Å². The summed E-state index contributed by atoms with van der Waals surface area (Å²) in [6.45, 7) is 5.03. The van der Waals surface area contributed by atoms with Crippen LogP contribution in [0.3, 0.4) is 0 Å². The van der Waals surface area contributed by atoms with Gasteiger partial charge in [0, 0.05) is 32.4 Å². The molecule has 4 heteroatoms. The third-order valence-electron chi connectivity index (χ3n) is 3.26. The molecule has 4 nitrogen and oxygen atoms in total. The number of hydrogen-bond donors (Lipinski definition) is 1. The maximum Gasteiger partial charge on any atom is 0.110 e. The summed E-state index contributed by atoms with van der Waals surface area (Å²) in [6.07, 6.45) is 7.05. The Morgan fingerprint density at radius 3 is 3.12 bits per heavy atom. The first kappa shape index (κ1) is 11.6. The number of piperidine rings is 1. The molecule has 1 aliphatic heterocycles. The van der Waals surface area contributed by atoms with Crippen LogP contribution in [0.1, 0.15) is 25.6 Å². The molecule has 16 heavy (non-hydrogen) atoms. The van der Waals surface area contributed by atoms with E-state index in [2.05, 4.69) is 17.2 Å². The molecular formula is C12H21N3O. The van der Waals surface area contributed by atoms with Crippen LogP contribution in [0.5, 0.6) is 0 Å². The van der Waals surface area contributed by atoms with E-state index in [0.29, 0.717) is 0 Å². The fourth-order valence-electron chi connectivity index (χ4n) is 2.18. The molecule has 0 aliphatic carbocycles. The van der Waals surface area contributed by atoms with E-state index in [1.54, 1.807) is 0 Å². The summed E-state index contributed by atoms with van der Waals surface area (Å²) < 4.78 is 8.03. The standard InChI is InChI=1S/C12H21N3O/c1-12(5-3-6-13-10-12)16-9-4-11-14-7-8-15(11)2/h7-8,13H,3-6,9-10H2,1-2H3. The fourth-order valence-corrected chi connectivity index (χ4v) is 2.18. The zero-order valence-electron chi connectivity index (χ0n) is 10.2. The summed E-state index contributed by atoms with van der Waals surface area (Å²) >= 11 is 0. The van der Waals surface area contributed by atoms with Gasteiger partial charge < -0.3 is 14.6 Å². The highest BCUT2D eigenvalue weighted by Crippen LogP contribution is 2.20. The van der Waals surface area contributed by atoms with Crippen LogP contribution >= 0.6 is 0 Å². The van der Waals surface area contributed by atoms with E-state index in [0.717, 1.165) is 38.4 Å². The molecular weight excluding hydrogens is 202 g/mol. The van der Waals surface area contributed by atoms with Gasteiger partial charge in [-0.25, -0.2) is 4.98 Å². The van der Waals surface area contributed by atoms with Crippen molar-refractivity contribution >= 4 is 0 Å². The van der Waals surface area contributed by atoms with Crippen molar-refractivity contribution in [1.82, 2.24) is 14.9 Å². The number of aromatic nitrogens is 2. The van der Waals surface area contributed by atoms with E-state index in [1.807, 2.05) is 24.0 Å². The number of hydrogen-bond acceptors (Lipinski definition) is 3. The molecule has 1 aromatic heterocycles. The van der Waals surface area contributed by atoms with E-state index in [-0.39, 0.29) is 5.60 Å². The van der Waals surface area contributed by atoms with Crippen LogP contribution in [0.25, 0.3) is 0 Å². The van der Waals surface area contributed by atoms with Crippen molar-refractivity contribution in [1.29, 1.82) is 0 Å². The van der Waals surface area contributed by atoms with Crippen LogP contribution in [-0.4, -0.2) is 34.8 Å². The predicted molar refractivity (Wildman–Crippen MR) is 63.4 cm³/mol. The summed E-state index contributed by atoms with van der Waals surface area (Å²) in [5.74, 6) is 1.09. The molecule has 2 rings (SSSR count). The van der Waals surface area contributed by atoms with E-state index >= 15 is 0 Å². The normalized spacial score (nSPS) is 25.9. The minimum Gasteiger partial charge on any atom is -0.373 e. The molecule has 2 heterocycles. The second-order valence-electron chi connectivity index (χ2n) is 4.78. The first-order valence-electron chi connectivity index (χ1n) is 6.00. The largest absolute Gasteiger partial charge is 0.373 e. The van der Waals surface area contributed by atoms with Gasteiger partial charge in [0.1, 0.15) is 5.82 Å². The van der Waals surface area contributed by atoms with E-state index in [1.165, 1.54) is 6.42 Å². The number of nitrogens with one attached hydrogen (secondary N) is 1. The highest BCUT2D eigenvalue weighted by molar-refractivity contribution is 4.91. The molecule has 1 aromatic rings. The van der Waals surface area contributed by atoms with Crippen LogP contribution < -0.4 is 5.32 Å². The molecule has 1 fully saturated rings. The lowest BCUT2D eigenvalue weighted by Gasteiger charge is -2.34. The summed E-state index contributed by atoms with van der Waals surface area (Å²) in [5, 5.41) is 3.38. The van der Waals surface area contributed by atoms with E-state index < -0.39 is 0 Å². The van der Waals surface area contributed by atoms with Gasteiger partial charge in [-0.1, -0.05) is 0 Å². The molecule has 0 radical (unpaired) electrons. The van der Waals surface area contributed by atoms with Gasteiger partial charge in [0.2, 0.25) is 0 Å². The quantitative estimate of drug-likeness (QED) is 0.831. The molecule has 1 N–H and O–H groups in total. The van der Waals surface area contributed by atoms with E-state index in [4.69, 9.17) is 4.74 Å².